The molecule has 2 N–H and O–H groups in total. The first-order chi connectivity index (χ1) is 13.1. The molecule has 1 fully saturated rings. The summed E-state index contributed by atoms with van der Waals surface area (Å²) in [4.78, 5) is 24.0. The monoisotopic (exact) mass is 373 g/mol. The average molecular weight is 374 g/mol. The van der Waals surface area contributed by atoms with E-state index in [1.807, 2.05) is 6.92 Å². The molecule has 0 radical (unpaired) electrons. The van der Waals surface area contributed by atoms with Crippen LogP contribution in [-0.2, 0) is 19.7 Å². The second-order valence-electron chi connectivity index (χ2n) is 7.99. The number of benzene rings is 1. The van der Waals surface area contributed by atoms with E-state index < -0.39 is 0 Å². The van der Waals surface area contributed by atoms with Crippen molar-refractivity contribution >= 4 is 12.3 Å². The summed E-state index contributed by atoms with van der Waals surface area (Å²) in [6.07, 6.45) is 8.16. The van der Waals surface area contributed by atoms with Gasteiger partial charge in [-0.2, -0.15) is 0 Å². The van der Waals surface area contributed by atoms with Crippen molar-refractivity contribution in [1.29, 1.82) is 0 Å². The fourth-order valence-corrected chi connectivity index (χ4v) is 4.20. The molecule has 0 amide bonds. The normalized spacial score (nSPS) is 23.6. The standard InChI is InChI=1S/C23H35NO3/c1-3-5-20(15-22(26)27-14-4-2)19-6-8-21(9-7-19)23(17-25)12-10-18(16-24)11-13-23/h6-9,17-18,20H,3-5,10-16,24H2,1-2H3. The number of ether oxygens (including phenoxy) is 1. The van der Waals surface area contributed by atoms with Crippen LogP contribution in [0.15, 0.2) is 24.3 Å². The second kappa shape index (κ2) is 10.6. The smallest absolute Gasteiger partial charge is 0.306 e. The Hall–Kier alpha value is -1.68. The first-order valence-corrected chi connectivity index (χ1v) is 10.5. The molecule has 1 unspecified atom stereocenters. The Labute approximate surface area is 163 Å². The van der Waals surface area contributed by atoms with E-state index in [1.54, 1.807) is 0 Å². The Bertz CT molecular complexity index is 588. The highest BCUT2D eigenvalue weighted by atomic mass is 16.5. The van der Waals surface area contributed by atoms with Gasteiger partial charge >= 0.3 is 5.97 Å². The molecule has 1 aromatic rings. The lowest BCUT2D eigenvalue weighted by atomic mass is 9.67. The molecule has 4 heteroatoms. The molecule has 1 aromatic carbocycles. The van der Waals surface area contributed by atoms with Crippen LogP contribution in [0.3, 0.4) is 0 Å². The van der Waals surface area contributed by atoms with Crippen LogP contribution >= 0.6 is 0 Å². The summed E-state index contributed by atoms with van der Waals surface area (Å²) in [6, 6.07) is 8.38. The zero-order chi connectivity index (χ0) is 19.7. The first kappa shape index (κ1) is 21.6. The zero-order valence-electron chi connectivity index (χ0n) is 16.9. The van der Waals surface area contributed by atoms with Gasteiger partial charge in [-0.3, -0.25) is 4.79 Å². The van der Waals surface area contributed by atoms with Crippen molar-refractivity contribution in [1.82, 2.24) is 0 Å². The average Bonchev–Trinajstić information content (AvgIpc) is 2.72. The predicted molar refractivity (Wildman–Crippen MR) is 109 cm³/mol. The van der Waals surface area contributed by atoms with Crippen LogP contribution in [0.2, 0.25) is 0 Å². The third-order valence-corrected chi connectivity index (χ3v) is 6.03. The summed E-state index contributed by atoms with van der Waals surface area (Å²) in [6.45, 7) is 5.33. The van der Waals surface area contributed by atoms with Crippen LogP contribution in [0.4, 0.5) is 0 Å². The Morgan fingerprint density at radius 2 is 1.89 bits per heavy atom. The lowest BCUT2D eigenvalue weighted by molar-refractivity contribution is -0.144. The van der Waals surface area contributed by atoms with Gasteiger partial charge in [-0.05, 0) is 68.0 Å². The molecular formula is C23H35NO3. The number of hydrogen-bond donors (Lipinski definition) is 1. The fraction of sp³-hybridized carbons (Fsp3) is 0.652. The van der Waals surface area contributed by atoms with Gasteiger partial charge in [0.25, 0.3) is 0 Å². The minimum atomic E-state index is -0.371. The largest absolute Gasteiger partial charge is 0.466 e. The minimum Gasteiger partial charge on any atom is -0.466 e. The molecule has 0 aliphatic heterocycles. The molecule has 2 rings (SSSR count). The Morgan fingerprint density at radius 3 is 2.41 bits per heavy atom. The van der Waals surface area contributed by atoms with E-state index in [0.717, 1.165) is 62.4 Å². The highest BCUT2D eigenvalue weighted by Gasteiger charge is 2.36. The SMILES string of the molecule is CCCOC(=O)CC(CCC)c1ccc(C2(C=O)CCC(CN)CC2)cc1. The lowest BCUT2D eigenvalue weighted by Crippen LogP contribution is -2.35. The summed E-state index contributed by atoms with van der Waals surface area (Å²) < 4.78 is 5.27. The summed E-state index contributed by atoms with van der Waals surface area (Å²) in [5.41, 5.74) is 7.68. The van der Waals surface area contributed by atoms with Crippen molar-refractivity contribution in [2.45, 2.75) is 76.5 Å². The van der Waals surface area contributed by atoms with Gasteiger partial charge in [0.15, 0.2) is 0 Å². The van der Waals surface area contributed by atoms with Gasteiger partial charge in [0.05, 0.1) is 18.4 Å². The topological polar surface area (TPSA) is 69.4 Å². The van der Waals surface area contributed by atoms with Crippen LogP contribution in [-0.4, -0.2) is 25.4 Å². The Balaban J connectivity index is 2.11. The summed E-state index contributed by atoms with van der Waals surface area (Å²) in [5, 5.41) is 0. The highest BCUT2D eigenvalue weighted by molar-refractivity contribution is 5.71. The Morgan fingerprint density at radius 1 is 1.22 bits per heavy atom. The quantitative estimate of drug-likeness (QED) is 0.484. The van der Waals surface area contributed by atoms with Crippen LogP contribution in [0.1, 0.15) is 82.3 Å². The molecule has 27 heavy (non-hydrogen) atoms. The van der Waals surface area contributed by atoms with Gasteiger partial charge in [-0.15, -0.1) is 0 Å². The third kappa shape index (κ3) is 5.65. The van der Waals surface area contributed by atoms with Gasteiger partial charge in [-0.1, -0.05) is 44.5 Å². The van der Waals surface area contributed by atoms with E-state index in [-0.39, 0.29) is 17.3 Å². The molecule has 1 saturated carbocycles. The van der Waals surface area contributed by atoms with Crippen molar-refractivity contribution in [2.75, 3.05) is 13.2 Å². The second-order valence-corrected chi connectivity index (χ2v) is 7.99. The Kier molecular flexibility index (Phi) is 8.49. The maximum absolute atomic E-state index is 12.1. The molecule has 0 bridgehead atoms. The van der Waals surface area contributed by atoms with E-state index in [0.29, 0.717) is 25.5 Å². The molecule has 150 valence electrons. The molecule has 1 atom stereocenters. The number of nitrogens with two attached hydrogens (primary N) is 1. The van der Waals surface area contributed by atoms with E-state index >= 15 is 0 Å². The van der Waals surface area contributed by atoms with Crippen molar-refractivity contribution in [2.24, 2.45) is 11.7 Å². The number of rotatable bonds is 10. The number of aldehydes is 1. The molecule has 1 aliphatic carbocycles. The minimum absolute atomic E-state index is 0.121. The third-order valence-electron chi connectivity index (χ3n) is 6.03. The summed E-state index contributed by atoms with van der Waals surface area (Å²) >= 11 is 0. The zero-order valence-corrected chi connectivity index (χ0v) is 16.9. The summed E-state index contributed by atoms with van der Waals surface area (Å²) in [5.74, 6) is 0.595. The van der Waals surface area contributed by atoms with Crippen LogP contribution < -0.4 is 5.73 Å². The molecule has 0 saturated heterocycles. The van der Waals surface area contributed by atoms with Crippen LogP contribution in [0, 0.1) is 5.92 Å². The van der Waals surface area contributed by atoms with Crippen molar-refractivity contribution in [3.8, 4) is 0 Å². The summed E-state index contributed by atoms with van der Waals surface area (Å²) in [7, 11) is 0. The molecule has 0 spiro atoms. The van der Waals surface area contributed by atoms with Crippen molar-refractivity contribution in [3.05, 3.63) is 35.4 Å². The fourth-order valence-electron chi connectivity index (χ4n) is 4.20. The molecular weight excluding hydrogens is 338 g/mol. The van der Waals surface area contributed by atoms with E-state index in [9.17, 15) is 9.59 Å². The predicted octanol–water partition coefficient (Wildman–Crippen LogP) is 4.50. The molecule has 0 aromatic heterocycles. The maximum Gasteiger partial charge on any atom is 0.306 e. The molecule has 4 nitrogen and oxygen atoms in total. The van der Waals surface area contributed by atoms with Gasteiger partial charge in [0.2, 0.25) is 0 Å². The van der Waals surface area contributed by atoms with Crippen LogP contribution in [0.25, 0.3) is 0 Å². The maximum atomic E-state index is 12.1. The number of esters is 1. The van der Waals surface area contributed by atoms with E-state index in [4.69, 9.17) is 10.5 Å². The van der Waals surface area contributed by atoms with Gasteiger partial charge in [0.1, 0.15) is 6.29 Å². The highest BCUT2D eigenvalue weighted by Crippen LogP contribution is 2.40. The van der Waals surface area contributed by atoms with Crippen LogP contribution in [0.5, 0.6) is 0 Å². The lowest BCUT2D eigenvalue weighted by Gasteiger charge is -2.36. The van der Waals surface area contributed by atoms with E-state index in [1.165, 1.54) is 0 Å². The van der Waals surface area contributed by atoms with E-state index in [2.05, 4.69) is 31.2 Å². The molecule has 1 aliphatic rings. The van der Waals surface area contributed by atoms with Gasteiger partial charge < -0.3 is 15.3 Å². The number of hydrogen-bond acceptors (Lipinski definition) is 4. The van der Waals surface area contributed by atoms with Gasteiger partial charge in [-0.25, -0.2) is 0 Å². The number of carbonyl (C=O) groups is 2. The van der Waals surface area contributed by atoms with Crippen molar-refractivity contribution < 1.29 is 14.3 Å². The van der Waals surface area contributed by atoms with Crippen molar-refractivity contribution in [3.63, 3.8) is 0 Å². The number of carbonyl (C=O) groups excluding carboxylic acids is 2. The molecule has 0 heterocycles. The van der Waals surface area contributed by atoms with Gasteiger partial charge in [0, 0.05) is 0 Å². The first-order valence-electron chi connectivity index (χ1n) is 10.5.